The molecule has 668 valence electrons. The highest BCUT2D eigenvalue weighted by Crippen LogP contribution is 2.58. The molecule has 8 unspecified atom stereocenters. The number of nitriles is 1. The maximum absolute atomic E-state index is 14.4. The zero-order valence-electron chi connectivity index (χ0n) is 67.2. The monoisotopic (exact) mass is 1830 g/mol. The highest BCUT2D eigenvalue weighted by molar-refractivity contribution is 7.49. The van der Waals surface area contributed by atoms with Gasteiger partial charge in [0.25, 0.3) is 0 Å². The number of alkyl carbamates (subject to hydrolysis) is 1. The van der Waals surface area contributed by atoms with E-state index in [1.807, 2.05) is 42.5 Å². The SMILES string of the molecule is [B][C@H]1C[C@@H](OP(=O)(O)OC[C@H]2O[C@@H]([B])C[C@H]2OP(=O)(O)OC[C@H]2O[C@@H]([B])C[C@H]2OP(=O)(O)OCC(CO)CCCCN)[C@@H](CO)O1.[B][C@H]1C[C@@H](OP(=O)(OCC[N+]#[C-])OC[C@H]2O[C@@H]([B])C[C@H]2OP(=O)(OCC[N+]#[C-])OC[C@H]2O[C@@H]([B])C[C@H]2OP(=O)(OCCC#N)OCC(CCCCNC(=O)OCC2c3ccccc3-c3ccccc32)COC)[C@@H](CO)O1. The van der Waals surface area contributed by atoms with Crippen molar-refractivity contribution < 1.29 is 168 Å². The number of fused-ring (bicyclic) bond motifs is 3. The molecule has 122 heavy (non-hydrogen) atoms. The number of methoxy groups -OCH3 is 1. The Morgan fingerprint density at radius 2 is 0.869 bits per heavy atom. The van der Waals surface area contributed by atoms with Gasteiger partial charge in [0.05, 0.1) is 115 Å². The van der Waals surface area contributed by atoms with Gasteiger partial charge in [-0.3, -0.25) is 67.9 Å². The van der Waals surface area contributed by atoms with E-state index in [9.17, 15) is 67.4 Å². The average Bonchev–Trinajstić information content (AvgIpc) is 1.61. The molecule has 6 heterocycles. The second-order valence-corrected chi connectivity index (χ2v) is 38.1. The molecule has 26 atom stereocenters. The number of phosphoric ester groups is 6. The minimum absolute atomic E-state index is 0.0188. The van der Waals surface area contributed by atoms with E-state index in [4.69, 9.17) is 172 Å². The third-order valence-corrected chi connectivity index (χ3v) is 27.1. The summed E-state index contributed by atoms with van der Waals surface area (Å²) >= 11 is 0. The zero-order chi connectivity index (χ0) is 88.7. The molecule has 9 rings (SSSR count). The van der Waals surface area contributed by atoms with Crippen LogP contribution in [-0.4, -0.2) is 318 Å². The van der Waals surface area contributed by atoms with Crippen molar-refractivity contribution in [3.05, 3.63) is 82.5 Å². The number of aliphatic hydroxyl groups excluding tert-OH is 3. The number of hydrogen-bond donors (Lipinski definition) is 8. The number of ether oxygens (including phenoxy) is 8. The van der Waals surface area contributed by atoms with Crippen molar-refractivity contribution in [2.24, 2.45) is 17.6 Å². The van der Waals surface area contributed by atoms with E-state index >= 15 is 0 Å². The molecule has 1 aliphatic carbocycles. The number of amides is 1. The number of phosphoric acid groups is 6. The number of unbranched alkanes of at least 4 members (excludes halogenated alkanes) is 2. The highest BCUT2D eigenvalue weighted by Gasteiger charge is 2.50. The fourth-order valence-electron chi connectivity index (χ4n) is 13.8. The quantitative estimate of drug-likeness (QED) is 0.0182. The van der Waals surface area contributed by atoms with Crippen LogP contribution < -0.4 is 11.1 Å². The van der Waals surface area contributed by atoms with Crippen LogP contribution in [0.3, 0.4) is 0 Å². The number of nitrogens with zero attached hydrogens (tertiary/aromatic N) is 3. The maximum Gasteiger partial charge on any atom is 0.475 e. The molecular formula is C69H103B6N5O36P6. The number of hydrogen-bond acceptors (Lipinski definition) is 35. The van der Waals surface area contributed by atoms with Gasteiger partial charge in [0, 0.05) is 74.0 Å². The normalized spacial score (nSPS) is 30.3. The molecule has 0 bridgehead atoms. The topological polar surface area (TPSA) is 524 Å². The molecule has 12 radical (unpaired) electrons. The lowest BCUT2D eigenvalue weighted by atomic mass is 9.96. The molecule has 6 saturated heterocycles. The van der Waals surface area contributed by atoms with Gasteiger partial charge in [0.15, 0.2) is 0 Å². The summed E-state index contributed by atoms with van der Waals surface area (Å²) in [7, 11) is 8.82. The van der Waals surface area contributed by atoms with Gasteiger partial charge in [0.1, 0.15) is 104 Å². The second-order valence-electron chi connectivity index (χ2n) is 29.0. The molecule has 2 aromatic rings. The number of carbonyl (C=O) groups is 1. The van der Waals surface area contributed by atoms with E-state index in [0.717, 1.165) is 28.7 Å². The first-order chi connectivity index (χ1) is 58.2. The van der Waals surface area contributed by atoms with Crippen LogP contribution in [0.4, 0.5) is 4.79 Å². The predicted molar refractivity (Wildman–Crippen MR) is 432 cm³/mol. The lowest BCUT2D eigenvalue weighted by Crippen LogP contribution is -2.32. The molecule has 6 fully saturated rings. The predicted octanol–water partition coefficient (Wildman–Crippen LogP) is 5.21. The van der Waals surface area contributed by atoms with Crippen molar-refractivity contribution in [2.45, 2.75) is 199 Å². The van der Waals surface area contributed by atoms with Crippen LogP contribution in [0.15, 0.2) is 48.5 Å². The molecule has 7 aliphatic rings. The van der Waals surface area contributed by atoms with Gasteiger partial charge in [-0.1, -0.05) is 61.4 Å². The van der Waals surface area contributed by atoms with Crippen molar-refractivity contribution in [3.63, 3.8) is 0 Å². The summed E-state index contributed by atoms with van der Waals surface area (Å²) in [6.07, 6.45) is -10.8. The Morgan fingerprint density at radius 1 is 0.500 bits per heavy atom. The molecule has 53 heteroatoms. The molecule has 0 spiro atoms. The second kappa shape index (κ2) is 51.4. The number of carbonyl (C=O) groups excluding carboxylic acids is 1. The van der Waals surface area contributed by atoms with Crippen molar-refractivity contribution in [2.75, 3.05) is 126 Å². The van der Waals surface area contributed by atoms with Crippen LogP contribution in [0.1, 0.15) is 101 Å². The standard InChI is InChI=1S/C47H62B3N4O19P3.C22H41B3NO17P3/c1-52-18-21-63-75(58,71-38-23-44(48)68-41(38)26-55)66-30-43-40(25-46(50)70-43)73-76(59,64-22-19-53-2)67-31-42-39(24-45(49)69-42)72-74(57,62-20-10-16-51)65-28-32(27-60-3)11-8-9-17-54-47(56)61-29-37-35-14-6-4-12-33(35)34-13-5-7-15-36(34)37;23-20-5-14(17(9-28)38-20)41-45(31,32)36-11-19-16(7-22(25)40-19)43-46(33,34)37-12-18-15(6-21(24)39-18)42-44(29,30)35-10-13(8-27)3-1-2-4-26/h4-7,12-15,32,37-46,55H,8-11,17-31H2,3H3,(H,54,56);13-22,27-28H,1-12,26H2,(H,29,30)(H,31,32)(H,33,34)/t32?,38-,39-,40-,41-,42-,43-,44-,45-,46-,74?,75?,76?;13?,14-,15-,16-,17-,18-,19-,20-,21-,22-/m11/s1. The molecule has 0 saturated carbocycles. The molecule has 6 aliphatic heterocycles. The fourth-order valence-corrected chi connectivity index (χ4v) is 20.9. The average molecular weight is 1830 g/mol. The largest absolute Gasteiger partial charge is 0.475 e. The molecule has 2 aromatic carbocycles. The van der Waals surface area contributed by atoms with Crippen LogP contribution >= 0.6 is 46.9 Å². The van der Waals surface area contributed by atoms with Crippen molar-refractivity contribution in [1.82, 2.24) is 5.32 Å². The lowest BCUT2D eigenvalue weighted by molar-refractivity contribution is -0.0387. The third-order valence-electron chi connectivity index (χ3n) is 19.6. The Balaban J connectivity index is 0.000000343. The van der Waals surface area contributed by atoms with Gasteiger partial charge in [-0.25, -0.2) is 45.3 Å². The van der Waals surface area contributed by atoms with Crippen LogP contribution in [0, 0.1) is 36.3 Å². The Morgan fingerprint density at radius 3 is 1.29 bits per heavy atom. The Bertz CT molecular complexity index is 3950. The zero-order valence-corrected chi connectivity index (χ0v) is 72.5. The van der Waals surface area contributed by atoms with Gasteiger partial charge in [-0.05, 0) is 93.0 Å². The highest BCUT2D eigenvalue weighted by atomic mass is 31.2. The minimum Gasteiger partial charge on any atom is -0.449 e. The number of aliphatic hydroxyl groups is 3. The Labute approximate surface area is 716 Å². The van der Waals surface area contributed by atoms with E-state index in [2.05, 4.69) is 27.1 Å². The van der Waals surface area contributed by atoms with E-state index in [1.54, 1.807) is 0 Å². The van der Waals surface area contributed by atoms with Crippen molar-refractivity contribution in [1.29, 1.82) is 5.26 Å². The van der Waals surface area contributed by atoms with Gasteiger partial charge in [0.2, 0.25) is 13.1 Å². The van der Waals surface area contributed by atoms with Crippen LogP contribution in [-0.2, 0) is 133 Å². The first kappa shape index (κ1) is 104. The molecule has 9 N–H and O–H groups in total. The third kappa shape index (κ3) is 34.3. The van der Waals surface area contributed by atoms with Crippen molar-refractivity contribution >= 4 is 100 Å². The summed E-state index contributed by atoms with van der Waals surface area (Å²) < 4.78 is 206. The van der Waals surface area contributed by atoms with Gasteiger partial charge in [-0.2, -0.15) is 5.26 Å². The van der Waals surface area contributed by atoms with Gasteiger partial charge < -0.3 is 88.6 Å². The van der Waals surface area contributed by atoms with Crippen molar-refractivity contribution in [3.8, 4) is 17.2 Å². The smallest absolute Gasteiger partial charge is 0.449 e. The molecular weight excluding hydrogens is 1730 g/mol. The summed E-state index contributed by atoms with van der Waals surface area (Å²) in [5.41, 5.74) is 9.94. The van der Waals surface area contributed by atoms with Crippen LogP contribution in [0.5, 0.6) is 0 Å². The van der Waals surface area contributed by atoms with E-state index in [-0.39, 0.29) is 116 Å². The fraction of sp³-hybridized carbons (Fsp3) is 0.768. The number of rotatable bonds is 55. The van der Waals surface area contributed by atoms with Crippen LogP contribution in [0.2, 0.25) is 0 Å². The van der Waals surface area contributed by atoms with E-state index in [0.29, 0.717) is 45.2 Å². The summed E-state index contributed by atoms with van der Waals surface area (Å²) in [4.78, 5) is 49.9. The first-order valence-electron chi connectivity index (χ1n) is 39.5. The molecule has 0 aromatic heterocycles. The summed E-state index contributed by atoms with van der Waals surface area (Å²) in [5.74, 6) is -0.809. The number of nitrogens with one attached hydrogen (secondary N) is 1. The van der Waals surface area contributed by atoms with E-state index < -0.39 is 214 Å². The summed E-state index contributed by atoms with van der Waals surface area (Å²) in [6, 6.07) is 12.5. The van der Waals surface area contributed by atoms with Gasteiger partial charge in [-0.15, -0.1) is 0 Å². The first-order valence-corrected chi connectivity index (χ1v) is 48.3. The number of benzene rings is 2. The Hall–Kier alpha value is -3.21. The summed E-state index contributed by atoms with van der Waals surface area (Å²) in [6.45, 7) is 9.75. The lowest BCUT2D eigenvalue weighted by Gasteiger charge is -2.28. The molecule has 1 amide bonds. The van der Waals surface area contributed by atoms with Gasteiger partial charge >= 0.3 is 53.0 Å². The molecule has 41 nitrogen and oxygen atoms in total. The minimum atomic E-state index is -4.89. The summed E-state index contributed by atoms with van der Waals surface area (Å²) in [5, 5.41) is 40.6. The number of nitrogens with two attached hydrogens (primary N) is 1. The van der Waals surface area contributed by atoms with E-state index in [1.165, 1.54) is 7.11 Å². The maximum atomic E-state index is 14.4. The Kier molecular flexibility index (Phi) is 43.9. The van der Waals surface area contributed by atoms with Crippen LogP contribution in [0.25, 0.3) is 20.8 Å².